The molecule has 0 bridgehead atoms. The molecule has 2 aromatic rings. The summed E-state index contributed by atoms with van der Waals surface area (Å²) in [5.74, 6) is 0.197. The van der Waals surface area contributed by atoms with Crippen LogP contribution < -0.4 is 10.2 Å². The van der Waals surface area contributed by atoms with Gasteiger partial charge in [0.2, 0.25) is 5.91 Å². The molecule has 0 atom stereocenters. The number of hydrogen-bond donors (Lipinski definition) is 1. The SMILES string of the molecule is CN(CCNC(=O)C1CCN(C(=O)c2cccs2)CC1)c1ccccc1. The summed E-state index contributed by atoms with van der Waals surface area (Å²) < 4.78 is 0. The van der Waals surface area contributed by atoms with Crippen LogP contribution in [0.2, 0.25) is 0 Å². The van der Waals surface area contributed by atoms with Crippen molar-refractivity contribution in [3.05, 3.63) is 52.7 Å². The van der Waals surface area contributed by atoms with Gasteiger partial charge in [0.25, 0.3) is 5.91 Å². The molecule has 26 heavy (non-hydrogen) atoms. The number of anilines is 1. The first kappa shape index (κ1) is 18.5. The van der Waals surface area contributed by atoms with E-state index >= 15 is 0 Å². The third kappa shape index (κ3) is 4.64. The van der Waals surface area contributed by atoms with Crippen LogP contribution in [-0.2, 0) is 4.79 Å². The first-order chi connectivity index (χ1) is 12.6. The molecule has 5 nitrogen and oxygen atoms in total. The number of likely N-dealkylation sites (tertiary alicyclic amines) is 1. The summed E-state index contributed by atoms with van der Waals surface area (Å²) in [6.45, 7) is 2.70. The first-order valence-corrected chi connectivity index (χ1v) is 9.90. The maximum atomic E-state index is 12.4. The average molecular weight is 372 g/mol. The Morgan fingerprint density at radius 1 is 1.15 bits per heavy atom. The molecule has 138 valence electrons. The number of nitrogens with zero attached hydrogens (tertiary/aromatic N) is 2. The number of likely N-dealkylation sites (N-methyl/N-ethyl adjacent to an activating group) is 1. The number of thiophene rings is 1. The largest absolute Gasteiger partial charge is 0.373 e. The van der Waals surface area contributed by atoms with E-state index in [4.69, 9.17) is 0 Å². The van der Waals surface area contributed by atoms with Crippen LogP contribution in [0.3, 0.4) is 0 Å². The fourth-order valence-electron chi connectivity index (χ4n) is 3.20. The molecular weight excluding hydrogens is 346 g/mol. The predicted molar refractivity (Wildman–Crippen MR) is 106 cm³/mol. The average Bonchev–Trinajstić information content (AvgIpc) is 3.23. The van der Waals surface area contributed by atoms with E-state index in [1.807, 2.05) is 47.7 Å². The van der Waals surface area contributed by atoms with E-state index in [0.717, 1.165) is 30.0 Å². The van der Waals surface area contributed by atoms with Gasteiger partial charge in [-0.3, -0.25) is 9.59 Å². The van der Waals surface area contributed by atoms with Gasteiger partial charge in [0.15, 0.2) is 0 Å². The molecule has 1 saturated heterocycles. The van der Waals surface area contributed by atoms with E-state index in [0.29, 0.717) is 19.6 Å². The van der Waals surface area contributed by atoms with Crippen LogP contribution in [0.15, 0.2) is 47.8 Å². The van der Waals surface area contributed by atoms with Crippen molar-refractivity contribution in [3.8, 4) is 0 Å². The summed E-state index contributed by atoms with van der Waals surface area (Å²) in [7, 11) is 2.02. The summed E-state index contributed by atoms with van der Waals surface area (Å²) in [6.07, 6.45) is 1.47. The lowest BCUT2D eigenvalue weighted by atomic mass is 9.96. The second-order valence-corrected chi connectivity index (χ2v) is 7.54. The Kier molecular flexibility index (Phi) is 6.28. The molecule has 3 rings (SSSR count). The van der Waals surface area contributed by atoms with Crippen LogP contribution in [0.4, 0.5) is 5.69 Å². The normalized spacial score (nSPS) is 14.9. The molecule has 1 aliphatic rings. The smallest absolute Gasteiger partial charge is 0.263 e. The summed E-state index contributed by atoms with van der Waals surface area (Å²) in [5, 5.41) is 4.96. The zero-order valence-corrected chi connectivity index (χ0v) is 15.9. The number of amides is 2. The summed E-state index contributed by atoms with van der Waals surface area (Å²) in [6, 6.07) is 13.9. The molecule has 0 unspecified atom stereocenters. The van der Waals surface area contributed by atoms with Gasteiger partial charge in [-0.25, -0.2) is 0 Å². The minimum absolute atomic E-state index is 0.00409. The molecule has 6 heteroatoms. The van der Waals surface area contributed by atoms with Crippen LogP contribution in [-0.4, -0.2) is 49.9 Å². The summed E-state index contributed by atoms with van der Waals surface area (Å²) in [5.41, 5.74) is 1.14. The lowest BCUT2D eigenvalue weighted by Crippen LogP contribution is -2.44. The third-order valence-electron chi connectivity index (χ3n) is 4.83. The lowest BCUT2D eigenvalue weighted by Gasteiger charge is -2.31. The molecular formula is C20H25N3O2S. The minimum Gasteiger partial charge on any atom is -0.373 e. The van der Waals surface area contributed by atoms with Gasteiger partial charge in [0.05, 0.1) is 4.88 Å². The molecule has 1 aromatic heterocycles. The van der Waals surface area contributed by atoms with E-state index in [-0.39, 0.29) is 17.7 Å². The van der Waals surface area contributed by atoms with Gasteiger partial charge in [-0.05, 0) is 36.4 Å². The number of nitrogens with one attached hydrogen (secondary N) is 1. The molecule has 0 radical (unpaired) electrons. The molecule has 1 fully saturated rings. The first-order valence-electron chi connectivity index (χ1n) is 9.02. The standard InChI is InChI=1S/C20H25N3O2S/c1-22(17-6-3-2-4-7-17)14-11-21-19(24)16-9-12-23(13-10-16)20(25)18-8-5-15-26-18/h2-8,15-16H,9-14H2,1H3,(H,21,24). The fourth-order valence-corrected chi connectivity index (χ4v) is 3.89. The van der Waals surface area contributed by atoms with E-state index in [1.165, 1.54) is 11.3 Å². The number of hydrogen-bond acceptors (Lipinski definition) is 4. The summed E-state index contributed by atoms with van der Waals surface area (Å²) >= 11 is 1.47. The lowest BCUT2D eigenvalue weighted by molar-refractivity contribution is -0.126. The van der Waals surface area contributed by atoms with Crippen LogP contribution in [0.5, 0.6) is 0 Å². The zero-order valence-electron chi connectivity index (χ0n) is 15.1. The van der Waals surface area contributed by atoms with Crippen LogP contribution in [0.25, 0.3) is 0 Å². The Bertz CT molecular complexity index is 710. The van der Waals surface area contributed by atoms with Crippen LogP contribution in [0.1, 0.15) is 22.5 Å². The number of piperidine rings is 1. The highest BCUT2D eigenvalue weighted by molar-refractivity contribution is 7.12. The van der Waals surface area contributed by atoms with Gasteiger partial charge in [0.1, 0.15) is 0 Å². The van der Waals surface area contributed by atoms with Gasteiger partial charge in [-0.1, -0.05) is 24.3 Å². The van der Waals surface area contributed by atoms with Crippen molar-refractivity contribution in [3.63, 3.8) is 0 Å². The van der Waals surface area contributed by atoms with Gasteiger partial charge in [0, 0.05) is 44.8 Å². The number of benzene rings is 1. The molecule has 0 saturated carbocycles. The Labute approximate surface area is 158 Å². The third-order valence-corrected chi connectivity index (χ3v) is 5.69. The van der Waals surface area contributed by atoms with Crippen molar-refractivity contribution in [1.82, 2.24) is 10.2 Å². The highest BCUT2D eigenvalue weighted by Gasteiger charge is 2.27. The van der Waals surface area contributed by atoms with Gasteiger partial charge >= 0.3 is 0 Å². The highest BCUT2D eigenvalue weighted by atomic mass is 32.1. The molecule has 2 amide bonds. The van der Waals surface area contributed by atoms with Crippen molar-refractivity contribution in [2.24, 2.45) is 5.92 Å². The maximum absolute atomic E-state index is 12.4. The Morgan fingerprint density at radius 3 is 2.54 bits per heavy atom. The predicted octanol–water partition coefficient (Wildman–Crippen LogP) is 2.85. The Hall–Kier alpha value is -2.34. The van der Waals surface area contributed by atoms with Crippen molar-refractivity contribution in [2.45, 2.75) is 12.8 Å². The number of carbonyl (C=O) groups is 2. The molecule has 0 spiro atoms. The topological polar surface area (TPSA) is 52.7 Å². The van der Waals surface area contributed by atoms with Gasteiger partial charge < -0.3 is 15.1 Å². The molecule has 1 aromatic carbocycles. The Morgan fingerprint density at radius 2 is 1.88 bits per heavy atom. The maximum Gasteiger partial charge on any atom is 0.263 e. The van der Waals surface area contributed by atoms with E-state index in [1.54, 1.807) is 0 Å². The van der Waals surface area contributed by atoms with Crippen molar-refractivity contribution in [1.29, 1.82) is 0 Å². The fraction of sp³-hybridized carbons (Fsp3) is 0.400. The van der Waals surface area contributed by atoms with Crippen molar-refractivity contribution >= 4 is 28.8 Å². The van der Waals surface area contributed by atoms with E-state index in [2.05, 4.69) is 22.3 Å². The van der Waals surface area contributed by atoms with Crippen LogP contribution >= 0.6 is 11.3 Å². The van der Waals surface area contributed by atoms with Gasteiger partial charge in [-0.2, -0.15) is 0 Å². The van der Waals surface area contributed by atoms with Crippen molar-refractivity contribution < 1.29 is 9.59 Å². The molecule has 1 aliphatic heterocycles. The van der Waals surface area contributed by atoms with E-state index in [9.17, 15) is 9.59 Å². The number of para-hydroxylation sites is 1. The minimum atomic E-state index is 0.00409. The second-order valence-electron chi connectivity index (χ2n) is 6.59. The van der Waals surface area contributed by atoms with Gasteiger partial charge in [-0.15, -0.1) is 11.3 Å². The highest BCUT2D eigenvalue weighted by Crippen LogP contribution is 2.21. The molecule has 1 N–H and O–H groups in total. The second kappa shape index (κ2) is 8.85. The number of carbonyl (C=O) groups excluding carboxylic acids is 2. The van der Waals surface area contributed by atoms with Crippen molar-refractivity contribution in [2.75, 3.05) is 38.1 Å². The summed E-state index contributed by atoms with van der Waals surface area (Å²) in [4.78, 5) is 29.5. The quantitative estimate of drug-likeness (QED) is 0.850. The van der Waals surface area contributed by atoms with E-state index < -0.39 is 0 Å². The molecule has 0 aliphatic carbocycles. The zero-order chi connectivity index (χ0) is 18.4. The Balaban J connectivity index is 1.39. The molecule has 2 heterocycles. The monoisotopic (exact) mass is 371 g/mol. The van der Waals surface area contributed by atoms with Crippen LogP contribution in [0, 0.1) is 5.92 Å². The number of rotatable bonds is 6.